The van der Waals surface area contributed by atoms with Gasteiger partial charge in [0.25, 0.3) is 0 Å². The van der Waals surface area contributed by atoms with Crippen molar-refractivity contribution in [2.75, 3.05) is 13.2 Å². The molecule has 54 valence electrons. The van der Waals surface area contributed by atoms with E-state index >= 15 is 0 Å². The zero-order valence-corrected chi connectivity index (χ0v) is 5.64. The van der Waals surface area contributed by atoms with Crippen LogP contribution in [0.15, 0.2) is 0 Å². The number of ketones is 1. The Hall–Kier alpha value is -0.450. The van der Waals surface area contributed by atoms with Crippen molar-refractivity contribution in [2.24, 2.45) is 0 Å². The summed E-state index contributed by atoms with van der Waals surface area (Å²) in [7, 11) is 0. The molecule has 4 nitrogen and oxygen atoms in total. The number of hydrogen-bond acceptors (Lipinski definition) is 4. The summed E-state index contributed by atoms with van der Waals surface area (Å²) in [5.74, 6) is -0.0396. The molecule has 0 spiro atoms. The molecule has 0 aliphatic heterocycles. The lowest BCUT2D eigenvalue weighted by Gasteiger charge is -2.00. The highest BCUT2D eigenvalue weighted by Gasteiger charge is 1.89. The Morgan fingerprint density at radius 3 is 2.67 bits per heavy atom. The van der Waals surface area contributed by atoms with Crippen molar-refractivity contribution in [2.45, 2.75) is 13.8 Å². The van der Waals surface area contributed by atoms with Gasteiger partial charge in [-0.1, -0.05) is 5.64 Å². The van der Waals surface area contributed by atoms with E-state index < -0.39 is 0 Å². The SMILES string of the molecule is CCONOCC(C)=O. The minimum Gasteiger partial charge on any atom is -0.297 e. The number of rotatable bonds is 5. The maximum Gasteiger partial charge on any atom is 0.157 e. The summed E-state index contributed by atoms with van der Waals surface area (Å²) in [6.07, 6.45) is 0. The van der Waals surface area contributed by atoms with Gasteiger partial charge >= 0.3 is 0 Å². The number of carbonyl (C=O) groups excluding carboxylic acids is 1. The van der Waals surface area contributed by atoms with E-state index in [0.29, 0.717) is 6.61 Å². The average molecular weight is 133 g/mol. The molecule has 9 heavy (non-hydrogen) atoms. The Morgan fingerprint density at radius 1 is 1.56 bits per heavy atom. The van der Waals surface area contributed by atoms with Crippen molar-refractivity contribution in [3.8, 4) is 0 Å². The van der Waals surface area contributed by atoms with E-state index in [-0.39, 0.29) is 12.4 Å². The van der Waals surface area contributed by atoms with Gasteiger partial charge in [-0.15, -0.1) is 0 Å². The normalized spacial score (nSPS) is 9.56. The summed E-state index contributed by atoms with van der Waals surface area (Å²) in [6.45, 7) is 3.80. The molecule has 0 fully saturated rings. The molecule has 0 bridgehead atoms. The highest BCUT2D eigenvalue weighted by molar-refractivity contribution is 5.76. The smallest absolute Gasteiger partial charge is 0.157 e. The molecule has 0 aliphatic carbocycles. The van der Waals surface area contributed by atoms with Crippen LogP contribution in [0, 0.1) is 0 Å². The van der Waals surface area contributed by atoms with Crippen molar-refractivity contribution in [1.29, 1.82) is 0 Å². The van der Waals surface area contributed by atoms with Gasteiger partial charge in [0.1, 0.15) is 6.61 Å². The third kappa shape index (κ3) is 7.55. The fraction of sp³-hybridized carbons (Fsp3) is 0.800. The molecule has 0 saturated carbocycles. The first kappa shape index (κ1) is 8.55. The molecule has 0 unspecified atom stereocenters. The van der Waals surface area contributed by atoms with Gasteiger partial charge in [-0.25, -0.2) is 0 Å². The number of hydrogen-bond donors (Lipinski definition) is 1. The van der Waals surface area contributed by atoms with E-state index in [1.807, 2.05) is 6.92 Å². The molecule has 0 atom stereocenters. The van der Waals surface area contributed by atoms with E-state index in [2.05, 4.69) is 15.3 Å². The zero-order valence-electron chi connectivity index (χ0n) is 5.64. The zero-order chi connectivity index (χ0) is 7.11. The lowest BCUT2D eigenvalue weighted by Crippen LogP contribution is -2.18. The summed E-state index contributed by atoms with van der Waals surface area (Å²) in [5.41, 5.74) is 2.15. The van der Waals surface area contributed by atoms with E-state index in [0.717, 1.165) is 0 Å². The first-order valence-corrected chi connectivity index (χ1v) is 2.75. The first-order chi connectivity index (χ1) is 4.27. The van der Waals surface area contributed by atoms with Crippen LogP contribution in [-0.4, -0.2) is 19.0 Å². The Labute approximate surface area is 54.0 Å². The van der Waals surface area contributed by atoms with Crippen LogP contribution >= 0.6 is 0 Å². The van der Waals surface area contributed by atoms with Crippen LogP contribution in [0.4, 0.5) is 0 Å². The fourth-order valence-corrected chi connectivity index (χ4v) is 0.232. The highest BCUT2D eigenvalue weighted by atomic mass is 16.9. The molecule has 0 saturated heterocycles. The van der Waals surface area contributed by atoms with Crippen molar-refractivity contribution >= 4 is 5.78 Å². The Bertz CT molecular complexity index is 84.3. The molecule has 0 amide bonds. The summed E-state index contributed by atoms with van der Waals surface area (Å²) in [5, 5.41) is 0. The van der Waals surface area contributed by atoms with Gasteiger partial charge in [0.2, 0.25) is 0 Å². The van der Waals surface area contributed by atoms with Crippen LogP contribution in [0.25, 0.3) is 0 Å². The van der Waals surface area contributed by atoms with Crippen molar-refractivity contribution < 1.29 is 14.5 Å². The first-order valence-electron chi connectivity index (χ1n) is 2.75. The molecule has 1 N–H and O–H groups in total. The minimum absolute atomic E-state index is 0.0396. The molecule has 0 radical (unpaired) electrons. The van der Waals surface area contributed by atoms with Gasteiger partial charge < -0.3 is 0 Å². The van der Waals surface area contributed by atoms with Crippen LogP contribution < -0.4 is 5.64 Å². The molecule has 0 aliphatic rings. The predicted molar refractivity (Wildman–Crippen MR) is 31.4 cm³/mol. The van der Waals surface area contributed by atoms with Gasteiger partial charge in [0.05, 0.1) is 6.61 Å². The largest absolute Gasteiger partial charge is 0.297 e. The molecule has 4 heteroatoms. The van der Waals surface area contributed by atoms with Gasteiger partial charge in [0.15, 0.2) is 5.78 Å². The standard InChI is InChI=1S/C5H11NO3/c1-3-8-6-9-4-5(2)7/h6H,3-4H2,1-2H3. The van der Waals surface area contributed by atoms with E-state index in [9.17, 15) is 4.79 Å². The Balaban J connectivity index is 2.83. The van der Waals surface area contributed by atoms with Crippen LogP contribution in [0.2, 0.25) is 0 Å². The van der Waals surface area contributed by atoms with Crippen LogP contribution in [0.5, 0.6) is 0 Å². The quantitative estimate of drug-likeness (QED) is 0.425. The fourth-order valence-electron chi connectivity index (χ4n) is 0.232. The molecule has 0 aromatic carbocycles. The number of Topliss-reactive ketones (excluding diaryl/α,β-unsaturated/α-hetero) is 1. The number of carbonyl (C=O) groups is 1. The molecule has 0 aromatic rings. The predicted octanol–water partition coefficient (Wildman–Crippen LogP) is 0.0481. The topological polar surface area (TPSA) is 47.6 Å². The summed E-state index contributed by atoms with van der Waals surface area (Å²) in [6, 6.07) is 0. The maximum absolute atomic E-state index is 10.2. The maximum atomic E-state index is 10.2. The van der Waals surface area contributed by atoms with E-state index in [4.69, 9.17) is 0 Å². The van der Waals surface area contributed by atoms with Gasteiger partial charge in [0, 0.05) is 0 Å². The van der Waals surface area contributed by atoms with Gasteiger partial charge in [-0.3, -0.25) is 14.5 Å². The Kier molecular flexibility index (Phi) is 5.40. The van der Waals surface area contributed by atoms with Crippen molar-refractivity contribution in [3.63, 3.8) is 0 Å². The van der Waals surface area contributed by atoms with Crippen LogP contribution in [0.1, 0.15) is 13.8 Å². The second kappa shape index (κ2) is 5.68. The third-order valence-electron chi connectivity index (χ3n) is 0.538. The molecule has 0 rings (SSSR count). The van der Waals surface area contributed by atoms with Crippen molar-refractivity contribution in [1.82, 2.24) is 5.64 Å². The summed E-state index contributed by atoms with van der Waals surface area (Å²) >= 11 is 0. The van der Waals surface area contributed by atoms with E-state index in [1.54, 1.807) is 0 Å². The molecular weight excluding hydrogens is 122 g/mol. The molecular formula is C5H11NO3. The summed E-state index contributed by atoms with van der Waals surface area (Å²) in [4.78, 5) is 19.3. The number of nitrogens with one attached hydrogen (secondary N) is 1. The van der Waals surface area contributed by atoms with E-state index in [1.165, 1.54) is 6.92 Å². The average Bonchev–Trinajstić information content (AvgIpc) is 1.80. The van der Waals surface area contributed by atoms with Crippen LogP contribution in [0.3, 0.4) is 0 Å². The van der Waals surface area contributed by atoms with Crippen molar-refractivity contribution in [3.05, 3.63) is 0 Å². The lowest BCUT2D eigenvalue weighted by atomic mass is 10.5. The molecule has 0 aromatic heterocycles. The second-order valence-electron chi connectivity index (χ2n) is 1.51. The lowest BCUT2D eigenvalue weighted by molar-refractivity contribution is -0.172. The summed E-state index contributed by atoms with van der Waals surface area (Å²) < 4.78 is 0. The highest BCUT2D eigenvalue weighted by Crippen LogP contribution is 1.70. The van der Waals surface area contributed by atoms with Gasteiger partial charge in [-0.2, -0.15) is 0 Å². The minimum atomic E-state index is -0.0396. The molecule has 0 heterocycles. The van der Waals surface area contributed by atoms with Crippen LogP contribution in [-0.2, 0) is 14.5 Å². The monoisotopic (exact) mass is 133 g/mol. The Morgan fingerprint density at radius 2 is 2.22 bits per heavy atom. The second-order valence-corrected chi connectivity index (χ2v) is 1.51. The third-order valence-corrected chi connectivity index (χ3v) is 0.538. The van der Waals surface area contributed by atoms with Gasteiger partial charge in [-0.05, 0) is 13.8 Å².